The molecule has 30 heavy (non-hydrogen) atoms. The third kappa shape index (κ3) is 4.02. The molecular formula is C20H14ClF3N4O2. The first kappa shape index (κ1) is 20.0. The average molecular weight is 435 g/mol. The van der Waals surface area contributed by atoms with Crippen LogP contribution in [0.3, 0.4) is 0 Å². The third-order valence-electron chi connectivity index (χ3n) is 4.37. The summed E-state index contributed by atoms with van der Waals surface area (Å²) in [4.78, 5) is 16.9. The van der Waals surface area contributed by atoms with E-state index in [1.165, 1.54) is 33.9 Å². The maximum absolute atomic E-state index is 13.0. The van der Waals surface area contributed by atoms with Crippen LogP contribution in [-0.4, -0.2) is 25.9 Å². The molecule has 0 spiro atoms. The summed E-state index contributed by atoms with van der Waals surface area (Å²) in [5, 5.41) is 4.78. The molecule has 154 valence electrons. The van der Waals surface area contributed by atoms with E-state index in [4.69, 9.17) is 16.3 Å². The Morgan fingerprint density at radius 3 is 2.67 bits per heavy atom. The van der Waals surface area contributed by atoms with E-state index in [0.29, 0.717) is 10.8 Å². The van der Waals surface area contributed by atoms with E-state index in [1.807, 2.05) is 0 Å². The monoisotopic (exact) mass is 434 g/mol. The highest BCUT2D eigenvalue weighted by atomic mass is 35.5. The normalized spacial score (nSPS) is 11.7. The maximum Gasteiger partial charge on any atom is 0.416 e. The van der Waals surface area contributed by atoms with Gasteiger partial charge in [0.15, 0.2) is 5.65 Å². The van der Waals surface area contributed by atoms with Crippen LogP contribution >= 0.6 is 11.6 Å². The molecule has 0 atom stereocenters. The summed E-state index contributed by atoms with van der Waals surface area (Å²) >= 11 is 5.90. The fraction of sp³-hybridized carbons (Fsp3) is 0.150. The van der Waals surface area contributed by atoms with Crippen molar-refractivity contribution in [2.75, 3.05) is 6.61 Å². The van der Waals surface area contributed by atoms with Gasteiger partial charge >= 0.3 is 6.18 Å². The first-order valence-corrected chi connectivity index (χ1v) is 9.20. The molecule has 2 heterocycles. The number of aromatic nitrogens is 4. The quantitative estimate of drug-likeness (QED) is 0.469. The third-order valence-corrected chi connectivity index (χ3v) is 4.60. The predicted octanol–water partition coefficient (Wildman–Crippen LogP) is 4.33. The lowest BCUT2D eigenvalue weighted by molar-refractivity contribution is -0.137. The van der Waals surface area contributed by atoms with Gasteiger partial charge in [-0.3, -0.25) is 9.36 Å². The van der Waals surface area contributed by atoms with Gasteiger partial charge in [-0.2, -0.15) is 18.3 Å². The number of ether oxygens (including phenoxy) is 1. The standard InChI is InChI=1S/C20H14ClF3N4O2/c21-14-4-2-6-16(10-14)30-8-7-27-12-25-18-17(19(27)29)11-26-28(18)15-5-1-3-13(9-15)20(22,23)24/h1-6,9-12H,7-8H2. The highest BCUT2D eigenvalue weighted by Crippen LogP contribution is 2.30. The molecule has 0 bridgehead atoms. The molecule has 0 N–H and O–H groups in total. The van der Waals surface area contributed by atoms with Gasteiger partial charge < -0.3 is 4.74 Å². The molecule has 0 fully saturated rings. The zero-order valence-electron chi connectivity index (χ0n) is 15.3. The molecule has 0 amide bonds. The number of nitrogens with zero attached hydrogens (tertiary/aromatic N) is 4. The van der Waals surface area contributed by atoms with Gasteiger partial charge in [0, 0.05) is 5.02 Å². The molecular weight excluding hydrogens is 421 g/mol. The van der Waals surface area contributed by atoms with Crippen LogP contribution in [0.1, 0.15) is 5.56 Å². The number of fused-ring (bicyclic) bond motifs is 1. The number of halogens is 4. The van der Waals surface area contributed by atoms with Crippen molar-refractivity contribution in [3.8, 4) is 11.4 Å². The van der Waals surface area contributed by atoms with Gasteiger partial charge in [0.2, 0.25) is 0 Å². The molecule has 0 aliphatic heterocycles. The van der Waals surface area contributed by atoms with Gasteiger partial charge in [0.05, 0.1) is 24.0 Å². The van der Waals surface area contributed by atoms with Crippen LogP contribution < -0.4 is 10.3 Å². The Kier molecular flexibility index (Phi) is 5.21. The second kappa shape index (κ2) is 7.83. The van der Waals surface area contributed by atoms with Crippen LogP contribution in [0.2, 0.25) is 5.02 Å². The molecule has 0 aliphatic rings. The molecule has 0 aliphatic carbocycles. The molecule has 4 aromatic rings. The largest absolute Gasteiger partial charge is 0.492 e. The minimum Gasteiger partial charge on any atom is -0.492 e. The van der Waals surface area contributed by atoms with Crippen LogP contribution in [0.5, 0.6) is 5.75 Å². The van der Waals surface area contributed by atoms with E-state index in [9.17, 15) is 18.0 Å². The van der Waals surface area contributed by atoms with Crippen LogP contribution in [0, 0.1) is 0 Å². The minimum absolute atomic E-state index is 0.161. The number of hydrogen-bond acceptors (Lipinski definition) is 4. The minimum atomic E-state index is -4.48. The molecule has 2 aromatic heterocycles. The van der Waals surface area contributed by atoms with Crippen molar-refractivity contribution in [1.82, 2.24) is 19.3 Å². The molecule has 0 saturated heterocycles. The van der Waals surface area contributed by atoms with Gasteiger partial charge in [-0.05, 0) is 36.4 Å². The molecule has 2 aromatic carbocycles. The van der Waals surface area contributed by atoms with Crippen molar-refractivity contribution in [2.24, 2.45) is 0 Å². The molecule has 0 saturated carbocycles. The fourth-order valence-corrected chi connectivity index (χ4v) is 3.11. The Morgan fingerprint density at radius 2 is 1.90 bits per heavy atom. The van der Waals surface area contributed by atoms with E-state index in [2.05, 4.69) is 10.1 Å². The SMILES string of the molecule is O=c1c2cnn(-c3cccc(C(F)(F)F)c3)c2ncn1CCOc1cccc(Cl)c1. The topological polar surface area (TPSA) is 61.9 Å². The predicted molar refractivity (Wildman–Crippen MR) is 105 cm³/mol. The first-order valence-electron chi connectivity index (χ1n) is 8.82. The highest BCUT2D eigenvalue weighted by Gasteiger charge is 2.30. The Morgan fingerprint density at radius 1 is 1.10 bits per heavy atom. The first-order chi connectivity index (χ1) is 14.3. The molecule has 6 nitrogen and oxygen atoms in total. The van der Waals surface area contributed by atoms with Crippen molar-refractivity contribution >= 4 is 22.6 Å². The van der Waals surface area contributed by atoms with Crippen LogP contribution in [0.4, 0.5) is 13.2 Å². The maximum atomic E-state index is 13.0. The smallest absolute Gasteiger partial charge is 0.416 e. The van der Waals surface area contributed by atoms with E-state index in [-0.39, 0.29) is 35.4 Å². The van der Waals surface area contributed by atoms with Gasteiger partial charge in [-0.15, -0.1) is 0 Å². The van der Waals surface area contributed by atoms with E-state index >= 15 is 0 Å². The van der Waals surface area contributed by atoms with E-state index in [1.54, 1.807) is 24.3 Å². The molecule has 0 radical (unpaired) electrons. The van der Waals surface area contributed by atoms with Crippen LogP contribution in [0.25, 0.3) is 16.7 Å². The average Bonchev–Trinajstić information content (AvgIpc) is 3.14. The van der Waals surface area contributed by atoms with Crippen molar-refractivity contribution in [2.45, 2.75) is 12.7 Å². The number of alkyl halides is 3. The highest BCUT2D eigenvalue weighted by molar-refractivity contribution is 6.30. The lowest BCUT2D eigenvalue weighted by Gasteiger charge is -2.10. The van der Waals surface area contributed by atoms with E-state index < -0.39 is 11.7 Å². The lowest BCUT2D eigenvalue weighted by Crippen LogP contribution is -2.23. The van der Waals surface area contributed by atoms with Crippen molar-refractivity contribution in [1.29, 1.82) is 0 Å². The van der Waals surface area contributed by atoms with Crippen molar-refractivity contribution < 1.29 is 17.9 Å². The van der Waals surface area contributed by atoms with Crippen molar-refractivity contribution in [3.05, 3.63) is 82.0 Å². The molecule has 4 rings (SSSR count). The summed E-state index contributed by atoms with van der Waals surface area (Å²) in [7, 11) is 0. The number of benzene rings is 2. The number of hydrogen-bond donors (Lipinski definition) is 0. The van der Waals surface area contributed by atoms with Gasteiger partial charge in [0.1, 0.15) is 24.1 Å². The summed E-state index contributed by atoms with van der Waals surface area (Å²) in [6.45, 7) is 0.429. The van der Waals surface area contributed by atoms with Crippen LogP contribution in [-0.2, 0) is 12.7 Å². The Labute approximate surface area is 173 Å². The number of rotatable bonds is 5. The lowest BCUT2D eigenvalue weighted by atomic mass is 10.2. The zero-order valence-corrected chi connectivity index (χ0v) is 16.1. The summed E-state index contributed by atoms with van der Waals surface area (Å²) in [5.41, 5.74) is -0.844. The second-order valence-electron chi connectivity index (χ2n) is 6.39. The summed E-state index contributed by atoms with van der Waals surface area (Å²) in [6.07, 6.45) is -1.88. The summed E-state index contributed by atoms with van der Waals surface area (Å²) < 4.78 is 47.1. The summed E-state index contributed by atoms with van der Waals surface area (Å²) in [6, 6.07) is 11.5. The van der Waals surface area contributed by atoms with E-state index in [0.717, 1.165) is 12.1 Å². The van der Waals surface area contributed by atoms with Gasteiger partial charge in [0.25, 0.3) is 5.56 Å². The Hall–Kier alpha value is -3.33. The van der Waals surface area contributed by atoms with Gasteiger partial charge in [-0.25, -0.2) is 9.67 Å². The van der Waals surface area contributed by atoms with Crippen molar-refractivity contribution in [3.63, 3.8) is 0 Å². The summed E-state index contributed by atoms with van der Waals surface area (Å²) in [5.74, 6) is 0.571. The van der Waals surface area contributed by atoms with Gasteiger partial charge in [-0.1, -0.05) is 23.7 Å². The fourth-order valence-electron chi connectivity index (χ4n) is 2.93. The van der Waals surface area contributed by atoms with Crippen LogP contribution in [0.15, 0.2) is 65.8 Å². The second-order valence-corrected chi connectivity index (χ2v) is 6.83. The Bertz CT molecular complexity index is 1270. The molecule has 0 unspecified atom stereocenters. The zero-order chi connectivity index (χ0) is 21.3. The Balaban J connectivity index is 1.58. The molecule has 10 heteroatoms.